The number of rotatable bonds is 6. The van der Waals surface area contributed by atoms with Crippen molar-refractivity contribution in [2.75, 3.05) is 5.43 Å². The van der Waals surface area contributed by atoms with E-state index in [9.17, 15) is 8.78 Å². The quantitative estimate of drug-likeness (QED) is 0.488. The van der Waals surface area contributed by atoms with Crippen molar-refractivity contribution < 1.29 is 13.5 Å². The number of anilines is 1. The summed E-state index contributed by atoms with van der Waals surface area (Å²) in [5, 5.41) is 6.59. The van der Waals surface area contributed by atoms with Crippen LogP contribution in [0.4, 0.5) is 13.9 Å². The summed E-state index contributed by atoms with van der Waals surface area (Å²) in [5.41, 5.74) is 6.32. The summed E-state index contributed by atoms with van der Waals surface area (Å²) in [6, 6.07) is 14.5. The number of halogens is 2. The average molecular weight is 359 g/mol. The zero-order chi connectivity index (χ0) is 17.6. The van der Waals surface area contributed by atoms with Crippen molar-refractivity contribution in [3.05, 3.63) is 65.0 Å². The first-order valence-electron chi connectivity index (χ1n) is 7.47. The Morgan fingerprint density at radius 3 is 2.68 bits per heavy atom. The molecule has 25 heavy (non-hydrogen) atoms. The number of hydrogen-bond acceptors (Lipinski definition) is 5. The number of alkyl halides is 2. The molecule has 0 unspecified atom stereocenters. The monoisotopic (exact) mass is 359 g/mol. The fourth-order valence-electron chi connectivity index (χ4n) is 2.13. The van der Waals surface area contributed by atoms with E-state index in [0.717, 1.165) is 11.3 Å². The largest absolute Gasteiger partial charge is 0.434 e. The van der Waals surface area contributed by atoms with Crippen LogP contribution in [0.25, 0.3) is 11.3 Å². The molecule has 1 N–H and O–H groups in total. The Balaban J connectivity index is 1.68. The molecule has 7 heteroatoms. The number of ether oxygens (including phenoxy) is 1. The van der Waals surface area contributed by atoms with E-state index in [0.29, 0.717) is 10.7 Å². The summed E-state index contributed by atoms with van der Waals surface area (Å²) in [7, 11) is 0. The third kappa shape index (κ3) is 4.60. The Kier molecular flexibility index (Phi) is 5.35. The molecular weight excluding hydrogens is 344 g/mol. The summed E-state index contributed by atoms with van der Waals surface area (Å²) < 4.78 is 29.2. The van der Waals surface area contributed by atoms with Crippen LogP contribution in [-0.2, 0) is 0 Å². The van der Waals surface area contributed by atoms with E-state index in [4.69, 9.17) is 0 Å². The molecular formula is C18H15F2N3OS. The minimum Gasteiger partial charge on any atom is -0.434 e. The second kappa shape index (κ2) is 7.85. The van der Waals surface area contributed by atoms with Crippen molar-refractivity contribution in [3.63, 3.8) is 0 Å². The molecule has 0 bridgehead atoms. The summed E-state index contributed by atoms with van der Waals surface area (Å²) >= 11 is 1.41. The van der Waals surface area contributed by atoms with Crippen LogP contribution in [0.15, 0.2) is 59.0 Å². The fourth-order valence-corrected chi connectivity index (χ4v) is 2.80. The van der Waals surface area contributed by atoms with Crippen LogP contribution in [0.1, 0.15) is 11.1 Å². The van der Waals surface area contributed by atoms with Gasteiger partial charge in [0.1, 0.15) is 5.75 Å². The topological polar surface area (TPSA) is 46.5 Å². The number of hydrogen-bond donors (Lipinski definition) is 1. The predicted molar refractivity (Wildman–Crippen MR) is 96.6 cm³/mol. The molecule has 0 saturated heterocycles. The van der Waals surface area contributed by atoms with E-state index >= 15 is 0 Å². The molecule has 1 heterocycles. The summed E-state index contributed by atoms with van der Waals surface area (Å²) in [5.74, 6) is 0.0718. The van der Waals surface area contributed by atoms with Crippen LogP contribution < -0.4 is 10.2 Å². The zero-order valence-corrected chi connectivity index (χ0v) is 14.1. The van der Waals surface area contributed by atoms with Gasteiger partial charge in [-0.15, -0.1) is 11.3 Å². The standard InChI is InChI=1S/C18H15F2N3OS/c1-12-6-8-13(9-7-12)15-11-25-18(22-15)23-21-10-14-4-2-3-5-16(14)24-17(19)20/h2-11,17H,1H3,(H,22,23)/b21-10+. The predicted octanol–water partition coefficient (Wildman–Crippen LogP) is 5.17. The minimum absolute atomic E-state index is 0.0718. The van der Waals surface area contributed by atoms with E-state index in [1.807, 2.05) is 36.6 Å². The van der Waals surface area contributed by atoms with Crippen LogP contribution in [0.2, 0.25) is 0 Å². The van der Waals surface area contributed by atoms with Crippen LogP contribution in [0.3, 0.4) is 0 Å². The first kappa shape index (κ1) is 17.0. The summed E-state index contributed by atoms with van der Waals surface area (Å²) in [6.45, 7) is -0.846. The molecule has 0 aliphatic rings. The SMILES string of the molecule is Cc1ccc(-c2csc(N/N=C/c3ccccc3OC(F)F)n2)cc1. The summed E-state index contributed by atoms with van der Waals surface area (Å²) in [4.78, 5) is 4.45. The Morgan fingerprint density at radius 2 is 1.92 bits per heavy atom. The lowest BCUT2D eigenvalue weighted by Gasteiger charge is -2.06. The molecule has 0 aliphatic heterocycles. The first-order chi connectivity index (χ1) is 12.1. The zero-order valence-electron chi connectivity index (χ0n) is 13.3. The highest BCUT2D eigenvalue weighted by atomic mass is 32.1. The van der Waals surface area contributed by atoms with Crippen LogP contribution in [-0.4, -0.2) is 17.8 Å². The van der Waals surface area contributed by atoms with Crippen molar-refractivity contribution in [2.24, 2.45) is 5.10 Å². The number of aryl methyl sites for hydroxylation is 1. The maximum Gasteiger partial charge on any atom is 0.387 e. The van der Waals surface area contributed by atoms with Crippen LogP contribution >= 0.6 is 11.3 Å². The molecule has 0 radical (unpaired) electrons. The van der Waals surface area contributed by atoms with Gasteiger partial charge in [0.25, 0.3) is 0 Å². The molecule has 128 valence electrons. The van der Waals surface area contributed by atoms with Gasteiger partial charge in [0.2, 0.25) is 5.13 Å². The highest BCUT2D eigenvalue weighted by molar-refractivity contribution is 7.14. The number of aromatic nitrogens is 1. The lowest BCUT2D eigenvalue weighted by Crippen LogP contribution is -2.04. The van der Waals surface area contributed by atoms with Crippen molar-refractivity contribution in [1.82, 2.24) is 4.98 Å². The average Bonchev–Trinajstić information content (AvgIpc) is 3.05. The van der Waals surface area contributed by atoms with Crippen molar-refractivity contribution >= 4 is 22.7 Å². The third-order valence-electron chi connectivity index (χ3n) is 3.35. The molecule has 0 saturated carbocycles. The number of nitrogens with one attached hydrogen (secondary N) is 1. The number of nitrogens with zero attached hydrogens (tertiary/aromatic N) is 2. The van der Waals surface area contributed by atoms with E-state index in [2.05, 4.69) is 20.2 Å². The molecule has 0 atom stereocenters. The van der Waals surface area contributed by atoms with E-state index in [1.54, 1.807) is 18.2 Å². The maximum atomic E-state index is 12.4. The maximum absolute atomic E-state index is 12.4. The molecule has 2 aromatic carbocycles. The van der Waals surface area contributed by atoms with E-state index in [1.165, 1.54) is 29.2 Å². The molecule has 0 spiro atoms. The third-order valence-corrected chi connectivity index (χ3v) is 4.10. The molecule has 0 fully saturated rings. The van der Waals surface area contributed by atoms with Gasteiger partial charge in [-0.1, -0.05) is 42.0 Å². The van der Waals surface area contributed by atoms with E-state index in [-0.39, 0.29) is 5.75 Å². The second-order valence-corrected chi connectivity index (χ2v) is 6.05. The molecule has 0 aliphatic carbocycles. The van der Waals surface area contributed by atoms with Crippen LogP contribution in [0.5, 0.6) is 5.75 Å². The van der Waals surface area contributed by atoms with Gasteiger partial charge in [-0.2, -0.15) is 13.9 Å². The van der Waals surface area contributed by atoms with Gasteiger partial charge in [-0.25, -0.2) is 4.98 Å². The molecule has 3 aromatic rings. The first-order valence-corrected chi connectivity index (χ1v) is 8.35. The molecule has 3 rings (SSSR count). The van der Waals surface area contributed by atoms with Gasteiger partial charge < -0.3 is 4.74 Å². The minimum atomic E-state index is -2.88. The summed E-state index contributed by atoms with van der Waals surface area (Å²) in [6.07, 6.45) is 1.42. The number of para-hydroxylation sites is 1. The van der Waals surface area contributed by atoms with Gasteiger partial charge in [-0.3, -0.25) is 5.43 Å². The van der Waals surface area contributed by atoms with Crippen molar-refractivity contribution in [3.8, 4) is 17.0 Å². The lowest BCUT2D eigenvalue weighted by atomic mass is 10.1. The van der Waals surface area contributed by atoms with Crippen LogP contribution in [0, 0.1) is 6.92 Å². The highest BCUT2D eigenvalue weighted by Crippen LogP contribution is 2.25. The number of benzene rings is 2. The molecule has 0 amide bonds. The smallest absolute Gasteiger partial charge is 0.387 e. The highest BCUT2D eigenvalue weighted by Gasteiger charge is 2.07. The Labute approximate surface area is 147 Å². The van der Waals surface area contributed by atoms with Gasteiger partial charge in [0.15, 0.2) is 0 Å². The number of thiazole rings is 1. The van der Waals surface area contributed by atoms with Gasteiger partial charge in [0.05, 0.1) is 11.9 Å². The lowest BCUT2D eigenvalue weighted by molar-refractivity contribution is -0.0499. The van der Waals surface area contributed by atoms with Gasteiger partial charge in [0, 0.05) is 16.5 Å². The van der Waals surface area contributed by atoms with Crippen molar-refractivity contribution in [1.29, 1.82) is 0 Å². The Bertz CT molecular complexity index is 863. The van der Waals surface area contributed by atoms with Gasteiger partial charge in [-0.05, 0) is 19.1 Å². The Morgan fingerprint density at radius 1 is 1.16 bits per heavy atom. The second-order valence-electron chi connectivity index (χ2n) is 5.19. The fraction of sp³-hybridized carbons (Fsp3) is 0.111. The molecule has 4 nitrogen and oxygen atoms in total. The molecule has 1 aromatic heterocycles. The number of hydrazone groups is 1. The van der Waals surface area contributed by atoms with E-state index < -0.39 is 6.61 Å². The van der Waals surface area contributed by atoms with Crippen molar-refractivity contribution in [2.45, 2.75) is 13.5 Å². The van der Waals surface area contributed by atoms with Gasteiger partial charge >= 0.3 is 6.61 Å². The normalized spacial score (nSPS) is 11.2. The Hall–Kier alpha value is -2.80.